The summed E-state index contributed by atoms with van der Waals surface area (Å²) in [4.78, 5) is 18.7. The van der Waals surface area contributed by atoms with Gasteiger partial charge < -0.3 is 14.8 Å². The Hall–Kier alpha value is -0.780. The van der Waals surface area contributed by atoms with E-state index >= 15 is 0 Å². The van der Waals surface area contributed by atoms with Crippen LogP contribution in [0, 0.1) is 0 Å². The van der Waals surface area contributed by atoms with Crippen molar-refractivity contribution in [1.29, 1.82) is 0 Å². The minimum absolute atomic E-state index is 0. The van der Waals surface area contributed by atoms with Gasteiger partial charge in [0.2, 0.25) is 5.91 Å². The first-order valence-corrected chi connectivity index (χ1v) is 7.80. The normalized spacial score (nSPS) is 21.0. The van der Waals surface area contributed by atoms with Gasteiger partial charge in [-0.15, -0.1) is 24.8 Å². The number of rotatable bonds is 5. The van der Waals surface area contributed by atoms with Crippen LogP contribution in [0.25, 0.3) is 0 Å². The van der Waals surface area contributed by atoms with Crippen molar-refractivity contribution in [2.75, 3.05) is 19.6 Å². The molecule has 1 atom stereocenters. The molecule has 1 amide bonds. The van der Waals surface area contributed by atoms with Crippen LogP contribution in [-0.4, -0.2) is 46.0 Å². The van der Waals surface area contributed by atoms with Crippen molar-refractivity contribution in [3.8, 4) is 0 Å². The van der Waals surface area contributed by atoms with E-state index in [9.17, 15) is 4.79 Å². The van der Waals surface area contributed by atoms with Crippen LogP contribution >= 0.6 is 24.8 Å². The third-order valence-electron chi connectivity index (χ3n) is 4.33. The van der Waals surface area contributed by atoms with Crippen molar-refractivity contribution in [3.05, 3.63) is 18.2 Å². The highest BCUT2D eigenvalue weighted by atomic mass is 35.5. The third kappa shape index (κ3) is 4.61. The molecular formula is C15H26Cl2N4O. The average Bonchev–Trinajstić information content (AvgIpc) is 3.19. The largest absolute Gasteiger partial charge is 0.340 e. The lowest BCUT2D eigenvalue weighted by atomic mass is 10.1. The molecule has 1 aliphatic carbocycles. The smallest absolute Gasteiger partial charge is 0.236 e. The molecule has 0 bridgehead atoms. The molecule has 22 heavy (non-hydrogen) atoms. The van der Waals surface area contributed by atoms with Gasteiger partial charge in [-0.3, -0.25) is 4.79 Å². The Labute approximate surface area is 144 Å². The first kappa shape index (κ1) is 19.3. The predicted octanol–water partition coefficient (Wildman–Crippen LogP) is 2.20. The maximum atomic E-state index is 12.2. The van der Waals surface area contributed by atoms with Crippen LogP contribution in [0.15, 0.2) is 12.4 Å². The number of halogens is 2. The van der Waals surface area contributed by atoms with Gasteiger partial charge in [0.25, 0.3) is 0 Å². The summed E-state index contributed by atoms with van der Waals surface area (Å²) in [6.45, 7) is 4.36. The van der Waals surface area contributed by atoms with Crippen LogP contribution in [-0.2, 0) is 11.2 Å². The monoisotopic (exact) mass is 348 g/mol. The summed E-state index contributed by atoms with van der Waals surface area (Å²) in [5.74, 6) is 1.38. The maximum Gasteiger partial charge on any atom is 0.236 e. The van der Waals surface area contributed by atoms with E-state index in [0.717, 1.165) is 38.2 Å². The molecule has 1 N–H and O–H groups in total. The van der Waals surface area contributed by atoms with Crippen molar-refractivity contribution in [2.45, 2.75) is 51.1 Å². The number of carbonyl (C=O) groups is 1. The Morgan fingerprint density at radius 3 is 2.82 bits per heavy atom. The molecule has 3 rings (SSSR count). The van der Waals surface area contributed by atoms with Gasteiger partial charge in [0, 0.05) is 37.9 Å². The molecule has 1 saturated heterocycles. The molecule has 2 aliphatic rings. The van der Waals surface area contributed by atoms with E-state index in [4.69, 9.17) is 0 Å². The molecule has 7 heteroatoms. The number of aryl methyl sites for hydroxylation is 1. The number of likely N-dealkylation sites (tertiary alicyclic amines) is 1. The first-order valence-electron chi connectivity index (χ1n) is 7.80. The van der Waals surface area contributed by atoms with E-state index in [0.29, 0.717) is 18.6 Å². The minimum atomic E-state index is 0. The van der Waals surface area contributed by atoms with Crippen LogP contribution in [0.1, 0.15) is 44.5 Å². The fourth-order valence-electron chi connectivity index (χ4n) is 2.99. The second kappa shape index (κ2) is 8.75. The van der Waals surface area contributed by atoms with Crippen molar-refractivity contribution in [2.24, 2.45) is 0 Å². The zero-order chi connectivity index (χ0) is 13.9. The second-order valence-electron chi connectivity index (χ2n) is 5.90. The van der Waals surface area contributed by atoms with Gasteiger partial charge in [-0.2, -0.15) is 0 Å². The van der Waals surface area contributed by atoms with Gasteiger partial charge in [0.05, 0.1) is 12.6 Å². The standard InChI is InChI=1S/C15H24N4O.2ClH/c1-2-14-16-7-9-19(14)13-4-3-8-18(11-13)15(20)10-17-12-5-6-12;;/h7,9,12-13,17H,2-6,8,10-11H2,1H3;2*1H. The molecule has 0 radical (unpaired) electrons. The number of nitrogens with zero attached hydrogens (tertiary/aromatic N) is 3. The van der Waals surface area contributed by atoms with Crippen molar-refractivity contribution in [3.63, 3.8) is 0 Å². The van der Waals surface area contributed by atoms with E-state index in [1.54, 1.807) is 0 Å². The van der Waals surface area contributed by atoms with Gasteiger partial charge in [-0.05, 0) is 25.7 Å². The average molecular weight is 349 g/mol. The zero-order valence-corrected chi connectivity index (χ0v) is 14.7. The van der Waals surface area contributed by atoms with Crippen LogP contribution in [0.4, 0.5) is 0 Å². The van der Waals surface area contributed by atoms with Gasteiger partial charge in [-0.1, -0.05) is 6.92 Å². The quantitative estimate of drug-likeness (QED) is 0.887. The first-order chi connectivity index (χ1) is 9.78. The molecule has 2 heterocycles. The summed E-state index contributed by atoms with van der Waals surface area (Å²) >= 11 is 0. The lowest BCUT2D eigenvalue weighted by Gasteiger charge is -2.34. The molecule has 1 aromatic rings. The fraction of sp³-hybridized carbons (Fsp3) is 0.733. The van der Waals surface area contributed by atoms with Crippen LogP contribution in [0.3, 0.4) is 0 Å². The number of carbonyl (C=O) groups excluding carboxylic acids is 1. The van der Waals surface area contributed by atoms with Gasteiger partial charge in [-0.25, -0.2) is 4.98 Å². The lowest BCUT2D eigenvalue weighted by Crippen LogP contribution is -2.45. The zero-order valence-electron chi connectivity index (χ0n) is 13.0. The molecule has 0 aromatic carbocycles. The fourth-order valence-corrected chi connectivity index (χ4v) is 2.99. The van der Waals surface area contributed by atoms with E-state index in [1.807, 2.05) is 11.1 Å². The van der Waals surface area contributed by atoms with Crippen LogP contribution < -0.4 is 5.32 Å². The SMILES string of the molecule is CCc1nccn1C1CCCN(C(=O)CNC2CC2)C1.Cl.Cl. The highest BCUT2D eigenvalue weighted by molar-refractivity contribution is 5.85. The van der Waals surface area contributed by atoms with E-state index in [-0.39, 0.29) is 30.7 Å². The molecule has 0 spiro atoms. The Kier molecular flexibility index (Phi) is 7.66. The molecule has 126 valence electrons. The van der Waals surface area contributed by atoms with Crippen molar-refractivity contribution >= 4 is 30.7 Å². The van der Waals surface area contributed by atoms with Crippen molar-refractivity contribution in [1.82, 2.24) is 19.8 Å². The Morgan fingerprint density at radius 1 is 1.36 bits per heavy atom. The highest BCUT2D eigenvalue weighted by Crippen LogP contribution is 2.23. The predicted molar refractivity (Wildman–Crippen MR) is 92.0 cm³/mol. The summed E-state index contributed by atoms with van der Waals surface area (Å²) in [7, 11) is 0. The van der Waals surface area contributed by atoms with Gasteiger partial charge in [0.15, 0.2) is 0 Å². The van der Waals surface area contributed by atoms with Crippen LogP contribution in [0.2, 0.25) is 0 Å². The summed E-state index contributed by atoms with van der Waals surface area (Å²) in [6.07, 6.45) is 9.55. The maximum absolute atomic E-state index is 12.2. The van der Waals surface area contributed by atoms with Gasteiger partial charge >= 0.3 is 0 Å². The number of piperidine rings is 1. The molecular weight excluding hydrogens is 323 g/mol. The number of amides is 1. The molecule has 2 fully saturated rings. The van der Waals surface area contributed by atoms with Crippen LogP contribution in [0.5, 0.6) is 0 Å². The number of nitrogens with one attached hydrogen (secondary N) is 1. The Morgan fingerprint density at radius 2 is 2.14 bits per heavy atom. The van der Waals surface area contributed by atoms with E-state index in [1.165, 1.54) is 12.8 Å². The molecule has 1 aliphatic heterocycles. The third-order valence-corrected chi connectivity index (χ3v) is 4.33. The number of hydrogen-bond acceptors (Lipinski definition) is 3. The molecule has 5 nitrogen and oxygen atoms in total. The Balaban J connectivity index is 0.00000121. The molecule has 1 aromatic heterocycles. The molecule has 1 saturated carbocycles. The van der Waals surface area contributed by atoms with E-state index < -0.39 is 0 Å². The summed E-state index contributed by atoms with van der Waals surface area (Å²) < 4.78 is 2.26. The van der Waals surface area contributed by atoms with E-state index in [2.05, 4.69) is 28.0 Å². The summed E-state index contributed by atoms with van der Waals surface area (Å²) in [5.41, 5.74) is 0. The lowest BCUT2D eigenvalue weighted by molar-refractivity contribution is -0.131. The Bertz CT molecular complexity index is 476. The molecule has 1 unspecified atom stereocenters. The second-order valence-corrected chi connectivity index (χ2v) is 5.90. The topological polar surface area (TPSA) is 50.2 Å². The number of aromatic nitrogens is 2. The van der Waals surface area contributed by atoms with Gasteiger partial charge in [0.1, 0.15) is 5.82 Å². The summed E-state index contributed by atoms with van der Waals surface area (Å²) in [6, 6.07) is 0.992. The summed E-state index contributed by atoms with van der Waals surface area (Å²) in [5, 5.41) is 3.32. The minimum Gasteiger partial charge on any atom is -0.340 e. The number of hydrogen-bond donors (Lipinski definition) is 1. The highest BCUT2D eigenvalue weighted by Gasteiger charge is 2.27. The number of imidazole rings is 1. The van der Waals surface area contributed by atoms with Crippen molar-refractivity contribution < 1.29 is 4.79 Å².